The summed E-state index contributed by atoms with van der Waals surface area (Å²) in [5.41, 5.74) is 0. The van der Waals surface area contributed by atoms with Gasteiger partial charge in [-0.1, -0.05) is 0 Å². The number of ether oxygens (including phenoxy) is 1. The van der Waals surface area contributed by atoms with Crippen molar-refractivity contribution in [3.8, 4) is 0 Å². The Morgan fingerprint density at radius 2 is 2.00 bits per heavy atom. The third kappa shape index (κ3) is 3.83. The van der Waals surface area contributed by atoms with Crippen LogP contribution >= 0.6 is 0 Å². The van der Waals surface area contributed by atoms with Crippen LogP contribution in [0.2, 0.25) is 0 Å². The molecule has 7 nitrogen and oxygen atoms in total. The van der Waals surface area contributed by atoms with Gasteiger partial charge in [-0.05, 0) is 13.3 Å². The van der Waals surface area contributed by atoms with Crippen molar-refractivity contribution in [1.82, 2.24) is 14.7 Å². The maximum Gasteiger partial charge on any atom is 0.320 e. The third-order valence-electron chi connectivity index (χ3n) is 3.83. The number of carboxylic acids is 1. The number of carbonyl (C=O) groups is 2. The van der Waals surface area contributed by atoms with Crippen LogP contribution in [0.25, 0.3) is 0 Å². The quantitative estimate of drug-likeness (QED) is 0.768. The molecule has 1 unspecified atom stereocenters. The van der Waals surface area contributed by atoms with Crippen LogP contribution in [0.1, 0.15) is 13.3 Å². The van der Waals surface area contributed by atoms with Crippen LogP contribution in [0.3, 0.4) is 0 Å². The molecule has 2 rings (SSSR count). The molecule has 0 radical (unpaired) electrons. The first-order valence-electron chi connectivity index (χ1n) is 7.15. The molecule has 2 heterocycles. The van der Waals surface area contributed by atoms with Gasteiger partial charge in [0.25, 0.3) is 0 Å². The Kier molecular flexibility index (Phi) is 5.19. The molecule has 2 aliphatic rings. The molecule has 0 aromatic heterocycles. The highest BCUT2D eigenvalue weighted by atomic mass is 16.5. The van der Waals surface area contributed by atoms with E-state index in [0.717, 1.165) is 13.0 Å². The number of rotatable bonds is 2. The fourth-order valence-corrected chi connectivity index (χ4v) is 2.70. The maximum atomic E-state index is 12.5. The second kappa shape index (κ2) is 6.90. The van der Waals surface area contributed by atoms with Gasteiger partial charge < -0.3 is 19.6 Å². The zero-order valence-corrected chi connectivity index (χ0v) is 12.0. The predicted octanol–water partition coefficient (Wildman–Crippen LogP) is -0.0806. The molecule has 1 atom stereocenters. The topological polar surface area (TPSA) is 73.3 Å². The number of amides is 2. The number of morpholine rings is 1. The molecule has 0 saturated carbocycles. The molecule has 7 heteroatoms. The van der Waals surface area contributed by atoms with Crippen LogP contribution in [0, 0.1) is 0 Å². The van der Waals surface area contributed by atoms with Gasteiger partial charge in [0.15, 0.2) is 0 Å². The van der Waals surface area contributed by atoms with Crippen molar-refractivity contribution < 1.29 is 19.4 Å². The second-order valence-electron chi connectivity index (χ2n) is 5.41. The van der Waals surface area contributed by atoms with Crippen molar-refractivity contribution in [2.45, 2.75) is 19.4 Å². The summed E-state index contributed by atoms with van der Waals surface area (Å²) in [6, 6.07) is 0.160. The van der Waals surface area contributed by atoms with Crippen molar-refractivity contribution >= 4 is 12.0 Å². The van der Waals surface area contributed by atoms with E-state index in [9.17, 15) is 9.59 Å². The SMILES string of the molecule is CC1COCCN1C(=O)N1CCCN(CC(=O)O)CC1. The molecule has 2 fully saturated rings. The van der Waals surface area contributed by atoms with E-state index in [1.165, 1.54) is 0 Å². The number of aliphatic carboxylic acids is 1. The first-order valence-corrected chi connectivity index (χ1v) is 7.15. The average molecular weight is 285 g/mol. The Morgan fingerprint density at radius 1 is 1.20 bits per heavy atom. The van der Waals surface area contributed by atoms with E-state index in [2.05, 4.69) is 0 Å². The Bertz CT molecular complexity index is 364. The number of hydrogen-bond acceptors (Lipinski definition) is 4. The summed E-state index contributed by atoms with van der Waals surface area (Å²) in [6.45, 7) is 6.50. The van der Waals surface area contributed by atoms with E-state index in [4.69, 9.17) is 9.84 Å². The molecule has 0 aromatic carbocycles. The van der Waals surface area contributed by atoms with Crippen molar-refractivity contribution in [1.29, 1.82) is 0 Å². The Morgan fingerprint density at radius 3 is 2.70 bits per heavy atom. The van der Waals surface area contributed by atoms with Crippen LogP contribution in [0.4, 0.5) is 4.79 Å². The normalized spacial score (nSPS) is 25.4. The lowest BCUT2D eigenvalue weighted by atomic mass is 10.2. The fourth-order valence-electron chi connectivity index (χ4n) is 2.70. The number of nitrogens with zero attached hydrogens (tertiary/aromatic N) is 3. The van der Waals surface area contributed by atoms with Gasteiger partial charge in [-0.15, -0.1) is 0 Å². The summed E-state index contributed by atoms with van der Waals surface area (Å²) in [6.07, 6.45) is 0.817. The van der Waals surface area contributed by atoms with Crippen LogP contribution in [-0.4, -0.2) is 90.3 Å². The lowest BCUT2D eigenvalue weighted by molar-refractivity contribution is -0.138. The van der Waals surface area contributed by atoms with Crippen molar-refractivity contribution in [3.05, 3.63) is 0 Å². The van der Waals surface area contributed by atoms with Crippen molar-refractivity contribution in [3.63, 3.8) is 0 Å². The molecule has 114 valence electrons. The zero-order valence-electron chi connectivity index (χ0n) is 12.0. The van der Waals surface area contributed by atoms with E-state index in [1.807, 2.05) is 21.6 Å². The minimum atomic E-state index is -0.813. The predicted molar refractivity (Wildman–Crippen MR) is 72.6 cm³/mol. The van der Waals surface area contributed by atoms with Gasteiger partial charge in [0.05, 0.1) is 25.8 Å². The molecule has 20 heavy (non-hydrogen) atoms. The monoisotopic (exact) mass is 285 g/mol. The smallest absolute Gasteiger partial charge is 0.320 e. The van der Waals surface area contributed by atoms with Gasteiger partial charge in [0.1, 0.15) is 0 Å². The Labute approximate surface area is 119 Å². The van der Waals surface area contributed by atoms with Gasteiger partial charge >= 0.3 is 12.0 Å². The molecule has 0 spiro atoms. The van der Waals surface area contributed by atoms with Gasteiger partial charge in [-0.3, -0.25) is 9.69 Å². The summed E-state index contributed by atoms with van der Waals surface area (Å²) in [4.78, 5) is 28.8. The number of hydrogen-bond donors (Lipinski definition) is 1. The number of carbonyl (C=O) groups excluding carboxylic acids is 1. The molecular weight excluding hydrogens is 262 g/mol. The maximum absolute atomic E-state index is 12.5. The number of urea groups is 1. The largest absolute Gasteiger partial charge is 0.480 e. The minimum Gasteiger partial charge on any atom is -0.480 e. The lowest BCUT2D eigenvalue weighted by Gasteiger charge is -2.37. The third-order valence-corrected chi connectivity index (χ3v) is 3.83. The first kappa shape index (κ1) is 15.1. The molecule has 2 saturated heterocycles. The van der Waals surface area contributed by atoms with Gasteiger partial charge in [-0.25, -0.2) is 4.79 Å². The molecule has 2 aliphatic heterocycles. The molecule has 0 aromatic rings. The molecule has 2 amide bonds. The van der Waals surface area contributed by atoms with E-state index in [-0.39, 0.29) is 18.6 Å². The van der Waals surface area contributed by atoms with Crippen LogP contribution in [-0.2, 0) is 9.53 Å². The fraction of sp³-hybridized carbons (Fsp3) is 0.846. The van der Waals surface area contributed by atoms with E-state index < -0.39 is 5.97 Å². The summed E-state index contributed by atoms with van der Waals surface area (Å²) < 4.78 is 5.35. The van der Waals surface area contributed by atoms with Crippen LogP contribution < -0.4 is 0 Å². The average Bonchev–Trinajstić information content (AvgIpc) is 2.63. The van der Waals surface area contributed by atoms with Gasteiger partial charge in [-0.2, -0.15) is 0 Å². The molecular formula is C13H23N3O4. The second-order valence-corrected chi connectivity index (χ2v) is 5.41. The first-order chi connectivity index (χ1) is 9.58. The van der Waals surface area contributed by atoms with E-state index in [0.29, 0.717) is 39.4 Å². The number of carboxylic acid groups (broad SMARTS) is 1. The zero-order chi connectivity index (χ0) is 14.5. The van der Waals surface area contributed by atoms with Crippen molar-refractivity contribution in [2.24, 2.45) is 0 Å². The molecule has 0 bridgehead atoms. The molecule has 0 aliphatic carbocycles. The highest BCUT2D eigenvalue weighted by Gasteiger charge is 2.29. The summed E-state index contributed by atoms with van der Waals surface area (Å²) in [5.74, 6) is -0.813. The summed E-state index contributed by atoms with van der Waals surface area (Å²) >= 11 is 0. The minimum absolute atomic E-state index is 0.0516. The van der Waals surface area contributed by atoms with Crippen molar-refractivity contribution in [2.75, 3.05) is 52.5 Å². The summed E-state index contributed by atoms with van der Waals surface area (Å²) in [5, 5.41) is 8.83. The standard InChI is InChI=1S/C13H23N3O4/c1-11-10-20-8-7-16(11)13(19)15-4-2-3-14(5-6-15)9-12(17)18/h11H,2-10H2,1H3,(H,17,18). The van der Waals surface area contributed by atoms with Gasteiger partial charge in [0.2, 0.25) is 0 Å². The molecule has 1 N–H and O–H groups in total. The highest BCUT2D eigenvalue weighted by Crippen LogP contribution is 2.12. The van der Waals surface area contributed by atoms with E-state index >= 15 is 0 Å². The Hall–Kier alpha value is -1.34. The van der Waals surface area contributed by atoms with Crippen LogP contribution in [0.15, 0.2) is 0 Å². The van der Waals surface area contributed by atoms with E-state index in [1.54, 1.807) is 0 Å². The highest BCUT2D eigenvalue weighted by molar-refractivity contribution is 5.75. The Balaban J connectivity index is 1.89. The lowest BCUT2D eigenvalue weighted by Crippen LogP contribution is -2.53. The van der Waals surface area contributed by atoms with Gasteiger partial charge in [0, 0.05) is 32.7 Å². The van der Waals surface area contributed by atoms with Crippen LogP contribution in [0.5, 0.6) is 0 Å². The summed E-state index contributed by atoms with van der Waals surface area (Å²) in [7, 11) is 0.